The van der Waals surface area contributed by atoms with Gasteiger partial charge in [0.05, 0.1) is 6.26 Å². The summed E-state index contributed by atoms with van der Waals surface area (Å²) in [6.07, 6.45) is 1.50. The predicted octanol–water partition coefficient (Wildman–Crippen LogP) is 0.323. The maximum Gasteiger partial charge on any atom is 0.289 e. The third-order valence-electron chi connectivity index (χ3n) is 4.35. The van der Waals surface area contributed by atoms with Gasteiger partial charge in [0, 0.05) is 39.3 Å². The Hall–Kier alpha value is -2.94. The first kappa shape index (κ1) is 18.8. The van der Waals surface area contributed by atoms with Crippen molar-refractivity contribution in [2.45, 2.75) is 0 Å². The van der Waals surface area contributed by atoms with Crippen LogP contribution in [0.5, 0.6) is 0 Å². The molecule has 3 rings (SSSR count). The van der Waals surface area contributed by atoms with Gasteiger partial charge in [-0.2, -0.15) is 0 Å². The molecule has 1 aliphatic rings. The molecule has 2 amide bonds. The molecular formula is C18H24N6O3. The monoisotopic (exact) mass is 372 g/mol. The van der Waals surface area contributed by atoms with Crippen LogP contribution in [-0.4, -0.2) is 85.2 Å². The lowest BCUT2D eigenvalue weighted by atomic mass is 10.2. The van der Waals surface area contributed by atoms with E-state index in [4.69, 9.17) is 4.42 Å². The van der Waals surface area contributed by atoms with Crippen LogP contribution in [0.4, 0.5) is 5.82 Å². The first-order chi connectivity index (χ1) is 13.0. The van der Waals surface area contributed by atoms with Gasteiger partial charge in [-0.15, -0.1) is 10.2 Å². The number of nitrogens with one attached hydrogen (secondary N) is 1. The Morgan fingerprint density at radius 2 is 1.93 bits per heavy atom. The van der Waals surface area contributed by atoms with Gasteiger partial charge in [-0.3, -0.25) is 9.59 Å². The maximum absolute atomic E-state index is 12.3. The fourth-order valence-electron chi connectivity index (χ4n) is 2.79. The van der Waals surface area contributed by atoms with Crippen molar-refractivity contribution in [1.29, 1.82) is 0 Å². The molecule has 2 aromatic rings. The van der Waals surface area contributed by atoms with Crippen LogP contribution < -0.4 is 10.2 Å². The summed E-state index contributed by atoms with van der Waals surface area (Å²) < 4.78 is 5.17. The second-order valence-corrected chi connectivity index (χ2v) is 6.59. The number of rotatable bonds is 6. The molecule has 1 saturated heterocycles. The van der Waals surface area contributed by atoms with Crippen LogP contribution in [0.1, 0.15) is 21.0 Å². The fraction of sp³-hybridized carbons (Fsp3) is 0.444. The van der Waals surface area contributed by atoms with Crippen molar-refractivity contribution in [2.24, 2.45) is 0 Å². The van der Waals surface area contributed by atoms with E-state index in [1.165, 1.54) is 6.26 Å². The van der Waals surface area contributed by atoms with Gasteiger partial charge in [0.1, 0.15) is 0 Å². The van der Waals surface area contributed by atoms with Gasteiger partial charge in [-0.25, -0.2) is 0 Å². The Kier molecular flexibility index (Phi) is 6.02. The molecule has 0 atom stereocenters. The van der Waals surface area contributed by atoms with Crippen LogP contribution in [0.15, 0.2) is 34.9 Å². The first-order valence-electron chi connectivity index (χ1n) is 8.89. The third-order valence-corrected chi connectivity index (χ3v) is 4.35. The second-order valence-electron chi connectivity index (χ2n) is 6.59. The number of hydrogen-bond acceptors (Lipinski definition) is 7. The summed E-state index contributed by atoms with van der Waals surface area (Å²) in [5, 5.41) is 11.0. The number of carbonyl (C=O) groups excluding carboxylic acids is 2. The van der Waals surface area contributed by atoms with Crippen LogP contribution in [0, 0.1) is 0 Å². The molecule has 1 N–H and O–H groups in total. The molecule has 0 radical (unpaired) electrons. The average molecular weight is 372 g/mol. The first-order valence-corrected chi connectivity index (χ1v) is 8.89. The summed E-state index contributed by atoms with van der Waals surface area (Å²) in [5.74, 6) is 0.720. The number of hydrogen-bond donors (Lipinski definition) is 1. The summed E-state index contributed by atoms with van der Waals surface area (Å²) in [7, 11) is 3.89. The number of amides is 2. The summed E-state index contributed by atoms with van der Waals surface area (Å²) in [6, 6.07) is 6.84. The van der Waals surface area contributed by atoms with E-state index in [1.54, 1.807) is 29.2 Å². The SMILES string of the molecule is CN(C)CCNC(=O)c1ccc(N2CCN(C(=O)c3ccco3)CC2)nn1. The van der Waals surface area contributed by atoms with E-state index in [2.05, 4.69) is 15.5 Å². The number of aromatic nitrogens is 2. The summed E-state index contributed by atoms with van der Waals surface area (Å²) in [6.45, 7) is 3.77. The molecular weight excluding hydrogens is 348 g/mol. The highest BCUT2D eigenvalue weighted by molar-refractivity contribution is 5.92. The Labute approximate surface area is 157 Å². The van der Waals surface area contributed by atoms with E-state index in [0.717, 1.165) is 6.54 Å². The minimum atomic E-state index is -0.232. The zero-order valence-electron chi connectivity index (χ0n) is 15.6. The largest absolute Gasteiger partial charge is 0.459 e. The van der Waals surface area contributed by atoms with Crippen molar-refractivity contribution < 1.29 is 14.0 Å². The van der Waals surface area contributed by atoms with Crippen molar-refractivity contribution in [3.05, 3.63) is 42.0 Å². The van der Waals surface area contributed by atoms with Crippen LogP contribution in [0.25, 0.3) is 0 Å². The van der Waals surface area contributed by atoms with E-state index in [0.29, 0.717) is 50.0 Å². The van der Waals surface area contributed by atoms with Crippen molar-refractivity contribution in [3.8, 4) is 0 Å². The van der Waals surface area contributed by atoms with Crippen LogP contribution in [-0.2, 0) is 0 Å². The standard InChI is InChI=1S/C18H24N6O3/c1-22(2)8-7-19-17(25)14-5-6-16(21-20-14)23-9-11-24(12-10-23)18(26)15-4-3-13-27-15/h3-6,13H,7-12H2,1-2H3,(H,19,25). The molecule has 3 heterocycles. The normalized spacial score (nSPS) is 14.5. The Morgan fingerprint density at radius 1 is 1.15 bits per heavy atom. The number of likely N-dealkylation sites (N-methyl/N-ethyl adjacent to an activating group) is 1. The number of nitrogens with zero attached hydrogens (tertiary/aromatic N) is 5. The molecule has 27 heavy (non-hydrogen) atoms. The smallest absolute Gasteiger partial charge is 0.289 e. The van der Waals surface area contributed by atoms with Crippen molar-refractivity contribution >= 4 is 17.6 Å². The van der Waals surface area contributed by atoms with Gasteiger partial charge in [0.25, 0.3) is 11.8 Å². The summed E-state index contributed by atoms with van der Waals surface area (Å²) >= 11 is 0. The third kappa shape index (κ3) is 4.82. The van der Waals surface area contributed by atoms with Crippen LogP contribution >= 0.6 is 0 Å². The minimum Gasteiger partial charge on any atom is -0.459 e. The lowest BCUT2D eigenvalue weighted by Gasteiger charge is -2.34. The van der Waals surface area contributed by atoms with E-state index in [-0.39, 0.29) is 11.8 Å². The number of anilines is 1. The van der Waals surface area contributed by atoms with Crippen LogP contribution in [0.3, 0.4) is 0 Å². The Balaban J connectivity index is 1.51. The van der Waals surface area contributed by atoms with Crippen LogP contribution in [0.2, 0.25) is 0 Å². The topological polar surface area (TPSA) is 94.8 Å². The average Bonchev–Trinajstić information content (AvgIpc) is 3.22. The molecule has 2 aromatic heterocycles. The molecule has 9 heteroatoms. The molecule has 0 spiro atoms. The fourth-order valence-corrected chi connectivity index (χ4v) is 2.79. The van der Waals surface area contributed by atoms with Gasteiger partial charge in [0.15, 0.2) is 17.3 Å². The molecule has 0 bridgehead atoms. The zero-order chi connectivity index (χ0) is 19.2. The number of furan rings is 1. The van der Waals surface area contributed by atoms with Crippen molar-refractivity contribution in [3.63, 3.8) is 0 Å². The highest BCUT2D eigenvalue weighted by Crippen LogP contribution is 2.15. The van der Waals surface area contributed by atoms with Gasteiger partial charge in [-0.05, 0) is 38.4 Å². The van der Waals surface area contributed by atoms with E-state index in [1.807, 2.05) is 23.9 Å². The summed E-state index contributed by atoms with van der Waals surface area (Å²) in [5.41, 5.74) is 0.295. The molecule has 0 aromatic carbocycles. The van der Waals surface area contributed by atoms with Crippen molar-refractivity contribution in [1.82, 2.24) is 25.3 Å². The van der Waals surface area contributed by atoms with Gasteiger partial charge in [0.2, 0.25) is 0 Å². The zero-order valence-corrected chi connectivity index (χ0v) is 15.6. The Morgan fingerprint density at radius 3 is 2.52 bits per heavy atom. The van der Waals surface area contributed by atoms with Gasteiger partial charge < -0.3 is 24.4 Å². The molecule has 0 saturated carbocycles. The molecule has 9 nitrogen and oxygen atoms in total. The number of piperazine rings is 1. The summed E-state index contributed by atoms with van der Waals surface area (Å²) in [4.78, 5) is 30.1. The highest BCUT2D eigenvalue weighted by atomic mass is 16.3. The Bertz CT molecular complexity index is 752. The van der Waals surface area contributed by atoms with Gasteiger partial charge >= 0.3 is 0 Å². The molecule has 144 valence electrons. The van der Waals surface area contributed by atoms with E-state index in [9.17, 15) is 9.59 Å². The van der Waals surface area contributed by atoms with Crippen molar-refractivity contribution in [2.75, 3.05) is 58.3 Å². The predicted molar refractivity (Wildman–Crippen MR) is 99.7 cm³/mol. The molecule has 0 aliphatic carbocycles. The second kappa shape index (κ2) is 8.63. The van der Waals surface area contributed by atoms with E-state index < -0.39 is 0 Å². The molecule has 1 aliphatic heterocycles. The molecule has 1 fully saturated rings. The molecule has 0 unspecified atom stereocenters. The highest BCUT2D eigenvalue weighted by Gasteiger charge is 2.24. The number of carbonyl (C=O) groups is 2. The van der Waals surface area contributed by atoms with E-state index >= 15 is 0 Å². The lowest BCUT2D eigenvalue weighted by Crippen LogP contribution is -2.49. The van der Waals surface area contributed by atoms with Gasteiger partial charge in [-0.1, -0.05) is 0 Å². The quantitative estimate of drug-likeness (QED) is 0.780. The maximum atomic E-state index is 12.3. The lowest BCUT2D eigenvalue weighted by molar-refractivity contribution is 0.0714. The minimum absolute atomic E-state index is 0.101.